The Morgan fingerprint density at radius 2 is 2.09 bits per heavy atom. The van der Waals surface area contributed by atoms with Crippen LogP contribution in [0.1, 0.15) is 56.7 Å². The number of aromatic nitrogens is 2. The zero-order valence-corrected chi connectivity index (χ0v) is 13.9. The van der Waals surface area contributed by atoms with Crippen LogP contribution in [0, 0.1) is 0 Å². The lowest BCUT2D eigenvalue weighted by Gasteiger charge is -2.24. The average Bonchev–Trinajstić information content (AvgIpc) is 2.96. The second-order valence-corrected chi connectivity index (χ2v) is 6.21. The van der Waals surface area contributed by atoms with Crippen molar-refractivity contribution in [1.29, 1.82) is 0 Å². The molecule has 0 aliphatic carbocycles. The van der Waals surface area contributed by atoms with Crippen LogP contribution in [0.15, 0.2) is 30.5 Å². The van der Waals surface area contributed by atoms with Crippen LogP contribution in [0.4, 0.5) is 5.82 Å². The number of nitrogens with one attached hydrogen (secondary N) is 1. The van der Waals surface area contributed by atoms with E-state index in [2.05, 4.69) is 31.2 Å². The van der Waals surface area contributed by atoms with Crippen molar-refractivity contribution < 1.29 is 9.53 Å². The van der Waals surface area contributed by atoms with Crippen molar-refractivity contribution >= 4 is 11.7 Å². The van der Waals surface area contributed by atoms with E-state index >= 15 is 0 Å². The molecule has 5 heteroatoms. The Morgan fingerprint density at radius 1 is 1.35 bits per heavy atom. The lowest BCUT2D eigenvalue weighted by Crippen LogP contribution is -2.25. The highest BCUT2D eigenvalue weighted by atomic mass is 16.5. The number of ether oxygens (including phenoxy) is 1. The Labute approximate surface area is 136 Å². The van der Waals surface area contributed by atoms with Gasteiger partial charge in [0.1, 0.15) is 11.6 Å². The summed E-state index contributed by atoms with van der Waals surface area (Å²) in [5, 5.41) is 7.41. The van der Waals surface area contributed by atoms with Crippen molar-refractivity contribution in [3.8, 4) is 5.75 Å². The van der Waals surface area contributed by atoms with Gasteiger partial charge >= 0.3 is 0 Å². The molecule has 0 bridgehead atoms. The predicted octanol–water partition coefficient (Wildman–Crippen LogP) is 3.73. The molecule has 23 heavy (non-hydrogen) atoms. The van der Waals surface area contributed by atoms with E-state index in [1.54, 1.807) is 0 Å². The molecule has 1 amide bonds. The second-order valence-electron chi connectivity index (χ2n) is 6.21. The molecule has 122 valence electrons. The Morgan fingerprint density at radius 3 is 2.74 bits per heavy atom. The van der Waals surface area contributed by atoms with Crippen LogP contribution in [0.5, 0.6) is 5.75 Å². The van der Waals surface area contributed by atoms with E-state index in [9.17, 15) is 4.79 Å². The number of hydrogen-bond donors (Lipinski definition) is 1. The van der Waals surface area contributed by atoms with Gasteiger partial charge in [0.25, 0.3) is 0 Å². The minimum atomic E-state index is 0.0382. The van der Waals surface area contributed by atoms with Gasteiger partial charge in [0, 0.05) is 23.9 Å². The first kappa shape index (κ1) is 15.6. The second kappa shape index (κ2) is 6.44. The summed E-state index contributed by atoms with van der Waals surface area (Å²) >= 11 is 0. The summed E-state index contributed by atoms with van der Waals surface area (Å²) in [5.41, 5.74) is 2.20. The van der Waals surface area contributed by atoms with Gasteiger partial charge in [0.05, 0.1) is 12.8 Å². The maximum absolute atomic E-state index is 12.1. The third-order valence-corrected chi connectivity index (χ3v) is 4.09. The Bertz CT molecular complexity index is 689. The molecule has 0 saturated heterocycles. The van der Waals surface area contributed by atoms with Crippen molar-refractivity contribution in [3.05, 3.63) is 41.6 Å². The van der Waals surface area contributed by atoms with Crippen LogP contribution >= 0.6 is 0 Å². The molecule has 0 unspecified atom stereocenters. The Kier molecular flexibility index (Phi) is 4.37. The van der Waals surface area contributed by atoms with Crippen LogP contribution in [0.3, 0.4) is 0 Å². The molecule has 2 aromatic rings. The summed E-state index contributed by atoms with van der Waals surface area (Å²) in [6.07, 6.45) is 3.31. The highest BCUT2D eigenvalue weighted by molar-refractivity contribution is 5.94. The fourth-order valence-electron chi connectivity index (χ4n) is 2.94. The van der Waals surface area contributed by atoms with Crippen molar-refractivity contribution in [3.63, 3.8) is 0 Å². The number of nitrogens with zero attached hydrogens (tertiary/aromatic N) is 2. The van der Waals surface area contributed by atoms with Gasteiger partial charge in [-0.15, -0.1) is 0 Å². The minimum Gasteiger partial charge on any atom is -0.494 e. The highest BCUT2D eigenvalue weighted by Gasteiger charge is 2.30. The van der Waals surface area contributed by atoms with Crippen LogP contribution in [-0.4, -0.2) is 22.3 Å². The third kappa shape index (κ3) is 3.09. The number of benzene rings is 1. The van der Waals surface area contributed by atoms with E-state index in [4.69, 9.17) is 4.74 Å². The molecule has 1 atom stereocenters. The van der Waals surface area contributed by atoms with Gasteiger partial charge in [-0.25, -0.2) is 4.68 Å². The monoisotopic (exact) mass is 313 g/mol. The smallest absolute Gasteiger partial charge is 0.226 e. The maximum atomic E-state index is 12.1. The predicted molar refractivity (Wildman–Crippen MR) is 89.9 cm³/mol. The van der Waals surface area contributed by atoms with Gasteiger partial charge in [0.2, 0.25) is 5.91 Å². The van der Waals surface area contributed by atoms with E-state index in [1.807, 2.05) is 35.1 Å². The number of anilines is 1. The molecular formula is C18H23N3O2. The fourth-order valence-corrected chi connectivity index (χ4v) is 2.94. The first-order valence-electron chi connectivity index (χ1n) is 8.20. The van der Waals surface area contributed by atoms with Gasteiger partial charge in [-0.2, -0.15) is 5.10 Å². The molecule has 3 rings (SSSR count). The molecular weight excluding hydrogens is 290 g/mol. The zero-order chi connectivity index (χ0) is 16.4. The van der Waals surface area contributed by atoms with Crippen LogP contribution in [0.2, 0.25) is 0 Å². The molecule has 5 nitrogen and oxygen atoms in total. The third-order valence-electron chi connectivity index (χ3n) is 4.09. The zero-order valence-electron chi connectivity index (χ0n) is 13.9. The molecule has 0 spiro atoms. The van der Waals surface area contributed by atoms with Crippen LogP contribution in [0.25, 0.3) is 0 Å². The normalized spacial score (nSPS) is 17.0. The number of carbonyl (C=O) groups excluding carboxylic acids is 1. The SMILES string of the molecule is CCCOc1ccc([C@H]2CC(=O)Nc3c2cnn3C(C)C)cc1. The van der Waals surface area contributed by atoms with Gasteiger partial charge in [0.15, 0.2) is 0 Å². The Hall–Kier alpha value is -2.30. The van der Waals surface area contributed by atoms with Gasteiger partial charge in [-0.05, 0) is 38.0 Å². The molecule has 1 N–H and O–H groups in total. The first-order valence-corrected chi connectivity index (χ1v) is 8.20. The Balaban J connectivity index is 1.90. The van der Waals surface area contributed by atoms with E-state index in [0.29, 0.717) is 6.42 Å². The van der Waals surface area contributed by atoms with E-state index < -0.39 is 0 Å². The molecule has 2 heterocycles. The quantitative estimate of drug-likeness (QED) is 0.915. The molecule has 0 saturated carbocycles. The maximum Gasteiger partial charge on any atom is 0.226 e. The summed E-state index contributed by atoms with van der Waals surface area (Å²) in [4.78, 5) is 12.1. The minimum absolute atomic E-state index is 0.0382. The van der Waals surface area contributed by atoms with Crippen molar-refractivity contribution in [2.45, 2.75) is 45.6 Å². The van der Waals surface area contributed by atoms with Crippen molar-refractivity contribution in [1.82, 2.24) is 9.78 Å². The standard InChI is InChI=1S/C18H23N3O2/c1-4-9-23-14-7-5-13(6-8-14)15-10-17(22)20-18-16(15)11-19-21(18)12(2)3/h5-8,11-12,15H,4,9-10H2,1-3H3,(H,20,22)/t15-/m1/s1. The highest BCUT2D eigenvalue weighted by Crippen LogP contribution is 2.38. The molecule has 0 fully saturated rings. The average molecular weight is 313 g/mol. The van der Waals surface area contributed by atoms with Gasteiger partial charge < -0.3 is 10.1 Å². The lowest BCUT2D eigenvalue weighted by atomic mass is 9.87. The summed E-state index contributed by atoms with van der Waals surface area (Å²) in [7, 11) is 0. The summed E-state index contributed by atoms with van der Waals surface area (Å²) in [6.45, 7) is 6.92. The van der Waals surface area contributed by atoms with Crippen molar-refractivity contribution in [2.75, 3.05) is 11.9 Å². The fraction of sp³-hybridized carbons (Fsp3) is 0.444. The van der Waals surface area contributed by atoms with E-state index in [1.165, 1.54) is 0 Å². The number of carbonyl (C=O) groups is 1. The van der Waals surface area contributed by atoms with Crippen LogP contribution in [-0.2, 0) is 4.79 Å². The molecule has 1 aliphatic rings. The van der Waals surface area contributed by atoms with Crippen LogP contribution < -0.4 is 10.1 Å². The van der Waals surface area contributed by atoms with Gasteiger partial charge in [-0.1, -0.05) is 19.1 Å². The lowest BCUT2D eigenvalue weighted by molar-refractivity contribution is -0.116. The summed E-state index contributed by atoms with van der Waals surface area (Å²) in [5.74, 6) is 1.78. The molecule has 1 aliphatic heterocycles. The largest absolute Gasteiger partial charge is 0.494 e. The summed E-state index contributed by atoms with van der Waals surface area (Å²) < 4.78 is 7.50. The number of amides is 1. The molecule has 0 radical (unpaired) electrons. The first-order chi connectivity index (χ1) is 11.1. The topological polar surface area (TPSA) is 56.1 Å². The van der Waals surface area contributed by atoms with Gasteiger partial charge in [-0.3, -0.25) is 4.79 Å². The number of fused-ring (bicyclic) bond motifs is 1. The molecule has 1 aromatic heterocycles. The van der Waals surface area contributed by atoms with E-state index in [-0.39, 0.29) is 17.9 Å². The van der Waals surface area contributed by atoms with E-state index in [0.717, 1.165) is 35.7 Å². The summed E-state index contributed by atoms with van der Waals surface area (Å²) in [6, 6.07) is 8.26. The number of hydrogen-bond acceptors (Lipinski definition) is 3. The molecule has 1 aromatic carbocycles. The van der Waals surface area contributed by atoms with Crippen molar-refractivity contribution in [2.24, 2.45) is 0 Å². The number of rotatable bonds is 5.